The lowest BCUT2D eigenvalue weighted by atomic mass is 9.91. The maximum absolute atomic E-state index is 11.2. The highest BCUT2D eigenvalue weighted by Gasteiger charge is 2.21. The summed E-state index contributed by atoms with van der Waals surface area (Å²) in [5.74, 6) is -0.378. The Hall–Kier alpha value is -0.860. The van der Waals surface area contributed by atoms with Gasteiger partial charge in [0.25, 0.3) is 0 Å². The normalized spacial score (nSPS) is 11.0. The van der Waals surface area contributed by atoms with Crippen molar-refractivity contribution in [1.82, 2.24) is 0 Å². The molecule has 0 radical (unpaired) electrons. The van der Waals surface area contributed by atoms with Crippen LogP contribution in [0.25, 0.3) is 0 Å². The van der Waals surface area contributed by atoms with Crippen LogP contribution in [0.4, 0.5) is 0 Å². The second-order valence-electron chi connectivity index (χ2n) is 3.69. The first-order chi connectivity index (χ1) is 5.38. The molecule has 0 aliphatic carbocycles. The van der Waals surface area contributed by atoms with E-state index in [9.17, 15) is 9.59 Å². The van der Waals surface area contributed by atoms with E-state index in [1.54, 1.807) is 27.7 Å². The maximum Gasteiger partial charge on any atom is 0.305 e. The molecule has 0 unspecified atom stereocenters. The smallest absolute Gasteiger partial charge is 0.305 e. The van der Waals surface area contributed by atoms with Gasteiger partial charge in [0.2, 0.25) is 0 Å². The molecular weight excluding hydrogens is 156 g/mol. The molecular formula is C9H16O3. The van der Waals surface area contributed by atoms with Gasteiger partial charge in [0, 0.05) is 11.8 Å². The molecule has 0 rings (SSSR count). The van der Waals surface area contributed by atoms with Crippen LogP contribution in [0.3, 0.4) is 0 Å². The third kappa shape index (κ3) is 4.11. The first-order valence-electron chi connectivity index (χ1n) is 4.07. The molecule has 0 bridgehead atoms. The van der Waals surface area contributed by atoms with Crippen LogP contribution in [0.15, 0.2) is 0 Å². The minimum Gasteiger partial charge on any atom is -0.458 e. The van der Waals surface area contributed by atoms with Crippen LogP contribution < -0.4 is 0 Å². The van der Waals surface area contributed by atoms with Crippen LogP contribution in [0, 0.1) is 5.41 Å². The highest BCUT2D eigenvalue weighted by atomic mass is 16.5. The van der Waals surface area contributed by atoms with Crippen molar-refractivity contribution in [3.05, 3.63) is 0 Å². The Morgan fingerprint density at radius 1 is 1.25 bits per heavy atom. The third-order valence-electron chi connectivity index (χ3n) is 1.49. The van der Waals surface area contributed by atoms with E-state index in [0.717, 1.165) is 0 Å². The van der Waals surface area contributed by atoms with Crippen LogP contribution >= 0.6 is 0 Å². The van der Waals surface area contributed by atoms with Crippen LogP contribution in [-0.2, 0) is 14.3 Å². The van der Waals surface area contributed by atoms with Gasteiger partial charge in [0.1, 0.15) is 0 Å². The fourth-order valence-corrected chi connectivity index (χ4v) is 0.465. The van der Waals surface area contributed by atoms with Crippen molar-refractivity contribution in [2.45, 2.75) is 34.1 Å². The zero-order valence-electron chi connectivity index (χ0n) is 8.14. The summed E-state index contributed by atoms with van der Waals surface area (Å²) >= 11 is 0. The van der Waals surface area contributed by atoms with Gasteiger partial charge in [-0.3, -0.25) is 9.59 Å². The first-order valence-corrected chi connectivity index (χ1v) is 4.07. The number of esters is 1. The van der Waals surface area contributed by atoms with Crippen molar-refractivity contribution in [1.29, 1.82) is 0 Å². The number of carbonyl (C=O) groups is 2. The molecule has 12 heavy (non-hydrogen) atoms. The summed E-state index contributed by atoms with van der Waals surface area (Å²) in [6.07, 6.45) is 0.317. The lowest BCUT2D eigenvalue weighted by Crippen LogP contribution is -2.26. The number of hydrogen-bond donors (Lipinski definition) is 0. The summed E-state index contributed by atoms with van der Waals surface area (Å²) in [6.45, 7) is 7.00. The molecule has 0 fully saturated rings. The Morgan fingerprint density at radius 2 is 1.75 bits per heavy atom. The van der Waals surface area contributed by atoms with Crippen molar-refractivity contribution in [3.63, 3.8) is 0 Å². The van der Waals surface area contributed by atoms with Gasteiger partial charge in [-0.1, -0.05) is 27.7 Å². The Labute approximate surface area is 73.1 Å². The Morgan fingerprint density at radius 3 is 2.08 bits per heavy atom. The molecule has 0 aromatic heterocycles. The SMILES string of the molecule is CCC(=O)OCC(=O)C(C)(C)C. The molecule has 0 N–H and O–H groups in total. The molecule has 0 heterocycles. The number of ether oxygens (including phenoxy) is 1. The second kappa shape index (κ2) is 4.24. The predicted octanol–water partition coefficient (Wildman–Crippen LogP) is 1.55. The molecule has 0 aliphatic rings. The highest BCUT2D eigenvalue weighted by molar-refractivity contribution is 5.86. The molecule has 0 spiro atoms. The maximum atomic E-state index is 11.2. The summed E-state index contributed by atoms with van der Waals surface area (Å²) in [5, 5.41) is 0. The van der Waals surface area contributed by atoms with E-state index < -0.39 is 5.41 Å². The van der Waals surface area contributed by atoms with Gasteiger partial charge in [-0.25, -0.2) is 0 Å². The number of carbonyl (C=O) groups excluding carboxylic acids is 2. The highest BCUT2D eigenvalue weighted by Crippen LogP contribution is 2.14. The van der Waals surface area contributed by atoms with E-state index in [1.165, 1.54) is 0 Å². The van der Waals surface area contributed by atoms with Crippen molar-refractivity contribution < 1.29 is 14.3 Å². The van der Waals surface area contributed by atoms with Gasteiger partial charge in [-0.2, -0.15) is 0 Å². The largest absolute Gasteiger partial charge is 0.458 e. The summed E-state index contributed by atoms with van der Waals surface area (Å²) in [5.41, 5.74) is -0.423. The van der Waals surface area contributed by atoms with Gasteiger partial charge < -0.3 is 4.74 Å². The van der Waals surface area contributed by atoms with Crippen LogP contribution in [-0.4, -0.2) is 18.4 Å². The molecule has 0 aromatic carbocycles. The quantitative estimate of drug-likeness (QED) is 0.607. The minimum absolute atomic E-state index is 0.0516. The lowest BCUT2D eigenvalue weighted by molar-refractivity contribution is -0.149. The summed E-state index contributed by atoms with van der Waals surface area (Å²) < 4.78 is 4.69. The van der Waals surface area contributed by atoms with Crippen molar-refractivity contribution in [3.8, 4) is 0 Å². The predicted molar refractivity (Wildman–Crippen MR) is 45.7 cm³/mol. The number of Topliss-reactive ketones (excluding diaryl/α,β-unsaturated/α-hetero) is 1. The first kappa shape index (κ1) is 11.1. The molecule has 70 valence electrons. The molecule has 0 amide bonds. The van der Waals surface area contributed by atoms with Crippen LogP contribution in [0.5, 0.6) is 0 Å². The van der Waals surface area contributed by atoms with Crippen molar-refractivity contribution in [2.24, 2.45) is 5.41 Å². The van der Waals surface area contributed by atoms with E-state index in [4.69, 9.17) is 4.74 Å². The Bertz CT molecular complexity index is 177. The summed E-state index contributed by atoms with van der Waals surface area (Å²) in [4.78, 5) is 21.9. The second-order valence-corrected chi connectivity index (χ2v) is 3.69. The summed E-state index contributed by atoms with van der Waals surface area (Å²) in [6, 6.07) is 0. The average Bonchev–Trinajstić information content (AvgIpc) is 1.97. The zero-order valence-corrected chi connectivity index (χ0v) is 8.14. The Kier molecular flexibility index (Phi) is 3.93. The lowest BCUT2D eigenvalue weighted by Gasteiger charge is -2.15. The van der Waals surface area contributed by atoms with Crippen molar-refractivity contribution >= 4 is 11.8 Å². The number of rotatable bonds is 3. The molecule has 0 aliphatic heterocycles. The van der Waals surface area contributed by atoms with E-state index >= 15 is 0 Å². The van der Waals surface area contributed by atoms with E-state index in [1.807, 2.05) is 0 Å². The van der Waals surface area contributed by atoms with Crippen LogP contribution in [0.2, 0.25) is 0 Å². The average molecular weight is 172 g/mol. The minimum atomic E-state index is -0.423. The van der Waals surface area contributed by atoms with E-state index in [0.29, 0.717) is 6.42 Å². The van der Waals surface area contributed by atoms with Gasteiger partial charge >= 0.3 is 5.97 Å². The van der Waals surface area contributed by atoms with Crippen molar-refractivity contribution in [2.75, 3.05) is 6.61 Å². The van der Waals surface area contributed by atoms with Gasteiger partial charge in [-0.05, 0) is 0 Å². The molecule has 0 atom stereocenters. The molecule has 0 saturated carbocycles. The third-order valence-corrected chi connectivity index (χ3v) is 1.49. The molecule has 0 saturated heterocycles. The molecule has 3 nitrogen and oxygen atoms in total. The van der Waals surface area contributed by atoms with Crippen LogP contribution in [0.1, 0.15) is 34.1 Å². The zero-order chi connectivity index (χ0) is 9.78. The topological polar surface area (TPSA) is 43.4 Å². The van der Waals surface area contributed by atoms with Gasteiger partial charge in [0.15, 0.2) is 12.4 Å². The fourth-order valence-electron chi connectivity index (χ4n) is 0.465. The van der Waals surface area contributed by atoms with Gasteiger partial charge in [-0.15, -0.1) is 0 Å². The monoisotopic (exact) mass is 172 g/mol. The summed E-state index contributed by atoms with van der Waals surface area (Å²) in [7, 11) is 0. The van der Waals surface area contributed by atoms with Gasteiger partial charge in [0.05, 0.1) is 0 Å². The number of ketones is 1. The van der Waals surface area contributed by atoms with E-state index in [2.05, 4.69) is 0 Å². The molecule has 0 aromatic rings. The fraction of sp³-hybridized carbons (Fsp3) is 0.778. The number of hydrogen-bond acceptors (Lipinski definition) is 3. The Balaban J connectivity index is 3.81. The molecule has 3 heteroatoms. The van der Waals surface area contributed by atoms with E-state index in [-0.39, 0.29) is 18.4 Å². The standard InChI is InChI=1S/C9H16O3/c1-5-8(11)12-6-7(10)9(2,3)4/h5-6H2,1-4H3.